The molecule has 0 aromatic carbocycles. The van der Waals surface area contributed by atoms with Gasteiger partial charge in [0.1, 0.15) is 5.15 Å². The predicted molar refractivity (Wildman–Crippen MR) is 61.6 cm³/mol. The first-order valence-corrected chi connectivity index (χ1v) is 5.87. The van der Waals surface area contributed by atoms with Gasteiger partial charge in [-0.25, -0.2) is 4.98 Å². The van der Waals surface area contributed by atoms with Gasteiger partial charge >= 0.3 is 5.97 Å². The number of carbonyl (C=O) groups excluding carboxylic acids is 1. The fourth-order valence-electron chi connectivity index (χ4n) is 1.01. The van der Waals surface area contributed by atoms with Crippen molar-refractivity contribution in [2.75, 3.05) is 25.1 Å². The fraction of sp³-hybridized carbons (Fsp3) is 0.556. The Morgan fingerprint density at radius 3 is 3.00 bits per heavy atom. The van der Waals surface area contributed by atoms with Crippen LogP contribution >= 0.6 is 22.9 Å². The summed E-state index contributed by atoms with van der Waals surface area (Å²) in [6.45, 7) is 2.80. The lowest BCUT2D eigenvalue weighted by atomic mass is 10.4. The monoisotopic (exact) mass is 248 g/mol. The highest BCUT2D eigenvalue weighted by atomic mass is 35.5. The number of hydrogen-bond acceptors (Lipinski definition) is 5. The number of carbonyl (C=O) groups is 1. The molecule has 1 heterocycles. The van der Waals surface area contributed by atoms with E-state index in [4.69, 9.17) is 16.3 Å². The standard InChI is InChI=1S/C9H13ClN2O2S/c1-3-14-8(13)4-5-12(2)9-11-7(10)6-15-9/h6H,3-5H2,1-2H3. The number of nitrogens with zero attached hydrogens (tertiary/aromatic N) is 2. The Labute approximate surface area is 97.8 Å². The van der Waals surface area contributed by atoms with Crippen molar-refractivity contribution >= 4 is 34.0 Å². The summed E-state index contributed by atoms with van der Waals surface area (Å²) in [6.07, 6.45) is 0.363. The van der Waals surface area contributed by atoms with Gasteiger partial charge in [0, 0.05) is 19.0 Å². The molecule has 0 saturated heterocycles. The molecule has 0 atom stereocenters. The van der Waals surface area contributed by atoms with Gasteiger partial charge < -0.3 is 9.64 Å². The quantitative estimate of drug-likeness (QED) is 0.750. The largest absolute Gasteiger partial charge is 0.466 e. The van der Waals surface area contributed by atoms with Crippen molar-refractivity contribution in [1.29, 1.82) is 0 Å². The molecule has 1 aromatic heterocycles. The second-order valence-corrected chi connectivity index (χ2v) is 4.15. The first-order chi connectivity index (χ1) is 7.13. The molecule has 0 bridgehead atoms. The van der Waals surface area contributed by atoms with E-state index in [1.807, 2.05) is 11.9 Å². The molecule has 0 unspecified atom stereocenters. The van der Waals surface area contributed by atoms with Gasteiger partial charge in [0.05, 0.1) is 13.0 Å². The molecule has 1 aromatic rings. The van der Waals surface area contributed by atoms with Gasteiger partial charge in [-0.05, 0) is 6.92 Å². The van der Waals surface area contributed by atoms with Crippen molar-refractivity contribution in [3.63, 3.8) is 0 Å². The van der Waals surface area contributed by atoms with Crippen LogP contribution in [0.1, 0.15) is 13.3 Å². The molecule has 0 spiro atoms. The molecule has 0 aliphatic heterocycles. The van der Waals surface area contributed by atoms with Crippen molar-refractivity contribution in [3.05, 3.63) is 10.5 Å². The summed E-state index contributed by atoms with van der Waals surface area (Å²) in [6, 6.07) is 0. The van der Waals surface area contributed by atoms with E-state index in [0.717, 1.165) is 5.13 Å². The van der Waals surface area contributed by atoms with Crippen LogP contribution in [0.15, 0.2) is 5.38 Å². The van der Waals surface area contributed by atoms with Crippen LogP contribution in [0, 0.1) is 0 Å². The van der Waals surface area contributed by atoms with Crippen LogP contribution < -0.4 is 4.90 Å². The van der Waals surface area contributed by atoms with Gasteiger partial charge in [0.15, 0.2) is 5.13 Å². The molecule has 0 amide bonds. The van der Waals surface area contributed by atoms with Crippen molar-refractivity contribution in [1.82, 2.24) is 4.98 Å². The zero-order valence-electron chi connectivity index (χ0n) is 8.70. The molecule has 4 nitrogen and oxygen atoms in total. The van der Waals surface area contributed by atoms with Crippen molar-refractivity contribution in [3.8, 4) is 0 Å². The first kappa shape index (κ1) is 12.3. The highest BCUT2D eigenvalue weighted by Gasteiger charge is 2.08. The van der Waals surface area contributed by atoms with Crippen LogP contribution in [0.3, 0.4) is 0 Å². The summed E-state index contributed by atoms with van der Waals surface area (Å²) in [5, 5.41) is 3.06. The molecule has 84 valence electrons. The summed E-state index contributed by atoms with van der Waals surface area (Å²) in [5.74, 6) is -0.188. The Hall–Kier alpha value is -0.810. The lowest BCUT2D eigenvalue weighted by Crippen LogP contribution is -2.21. The SMILES string of the molecule is CCOC(=O)CCN(C)c1nc(Cl)cs1. The van der Waals surface area contributed by atoms with Gasteiger partial charge in [0.25, 0.3) is 0 Å². The maximum absolute atomic E-state index is 11.1. The third-order valence-electron chi connectivity index (χ3n) is 1.75. The maximum atomic E-state index is 11.1. The summed E-state index contributed by atoms with van der Waals surface area (Å²) >= 11 is 7.15. The Kier molecular flexibility index (Phi) is 4.84. The lowest BCUT2D eigenvalue weighted by molar-refractivity contribution is -0.142. The average molecular weight is 249 g/mol. The minimum absolute atomic E-state index is 0.188. The molecule has 15 heavy (non-hydrogen) atoms. The number of ether oxygens (including phenoxy) is 1. The Morgan fingerprint density at radius 2 is 2.47 bits per heavy atom. The molecule has 0 saturated carbocycles. The summed E-state index contributed by atoms with van der Waals surface area (Å²) in [5.41, 5.74) is 0. The normalized spacial score (nSPS) is 10.1. The molecule has 0 aliphatic carbocycles. The van der Waals surface area contributed by atoms with E-state index in [0.29, 0.717) is 24.7 Å². The van der Waals surface area contributed by atoms with Gasteiger partial charge in [0.2, 0.25) is 0 Å². The van der Waals surface area contributed by atoms with Gasteiger partial charge in [-0.3, -0.25) is 4.79 Å². The minimum Gasteiger partial charge on any atom is -0.466 e. The van der Waals surface area contributed by atoms with Crippen molar-refractivity contribution in [2.45, 2.75) is 13.3 Å². The smallest absolute Gasteiger partial charge is 0.307 e. The van der Waals surface area contributed by atoms with Crippen LogP contribution in [-0.2, 0) is 9.53 Å². The number of esters is 1. The molecule has 6 heteroatoms. The van der Waals surface area contributed by atoms with E-state index in [9.17, 15) is 4.79 Å². The maximum Gasteiger partial charge on any atom is 0.307 e. The Bertz CT molecular complexity index is 330. The molecular formula is C9H13ClN2O2S. The number of thiazole rings is 1. The molecule has 0 radical (unpaired) electrons. The molecule has 0 N–H and O–H groups in total. The number of hydrogen-bond donors (Lipinski definition) is 0. The first-order valence-electron chi connectivity index (χ1n) is 4.61. The minimum atomic E-state index is -0.188. The molecule has 0 aliphatic rings. The van der Waals surface area contributed by atoms with Gasteiger partial charge in [-0.2, -0.15) is 0 Å². The zero-order chi connectivity index (χ0) is 11.3. The van der Waals surface area contributed by atoms with E-state index >= 15 is 0 Å². The zero-order valence-corrected chi connectivity index (χ0v) is 10.3. The Morgan fingerprint density at radius 1 is 1.73 bits per heavy atom. The van der Waals surface area contributed by atoms with E-state index in [1.54, 1.807) is 12.3 Å². The summed E-state index contributed by atoms with van der Waals surface area (Å²) in [7, 11) is 1.87. The predicted octanol–water partition coefficient (Wildman–Crippen LogP) is 2.19. The number of anilines is 1. The van der Waals surface area contributed by atoms with Crippen LogP contribution in [0.2, 0.25) is 5.15 Å². The second kappa shape index (κ2) is 5.92. The molecular weight excluding hydrogens is 236 g/mol. The second-order valence-electron chi connectivity index (χ2n) is 2.93. The fourth-order valence-corrected chi connectivity index (χ4v) is 1.95. The van der Waals surface area contributed by atoms with Crippen LogP contribution in [0.5, 0.6) is 0 Å². The lowest BCUT2D eigenvalue weighted by Gasteiger charge is -2.14. The highest BCUT2D eigenvalue weighted by molar-refractivity contribution is 7.14. The number of rotatable bonds is 5. The van der Waals surface area contributed by atoms with E-state index in [-0.39, 0.29) is 5.97 Å². The Balaban J connectivity index is 2.36. The highest BCUT2D eigenvalue weighted by Crippen LogP contribution is 2.22. The van der Waals surface area contributed by atoms with E-state index < -0.39 is 0 Å². The molecule has 0 fully saturated rings. The molecule has 1 rings (SSSR count). The summed E-state index contributed by atoms with van der Waals surface area (Å²) < 4.78 is 4.82. The van der Waals surface area contributed by atoms with Crippen LogP contribution in [0.25, 0.3) is 0 Å². The van der Waals surface area contributed by atoms with Crippen molar-refractivity contribution < 1.29 is 9.53 Å². The third-order valence-corrected chi connectivity index (χ3v) is 3.03. The summed E-state index contributed by atoms with van der Waals surface area (Å²) in [4.78, 5) is 17.1. The number of halogens is 1. The topological polar surface area (TPSA) is 42.4 Å². The third kappa shape index (κ3) is 4.05. The van der Waals surface area contributed by atoms with E-state index in [1.165, 1.54) is 11.3 Å². The van der Waals surface area contributed by atoms with Gasteiger partial charge in [-0.1, -0.05) is 11.6 Å². The van der Waals surface area contributed by atoms with Crippen LogP contribution in [-0.4, -0.2) is 31.2 Å². The number of aromatic nitrogens is 1. The average Bonchev–Trinajstić information content (AvgIpc) is 2.62. The van der Waals surface area contributed by atoms with Gasteiger partial charge in [-0.15, -0.1) is 11.3 Å². The van der Waals surface area contributed by atoms with E-state index in [2.05, 4.69) is 4.98 Å². The van der Waals surface area contributed by atoms with Crippen LogP contribution in [0.4, 0.5) is 5.13 Å². The van der Waals surface area contributed by atoms with Crippen molar-refractivity contribution in [2.24, 2.45) is 0 Å².